The van der Waals surface area contributed by atoms with E-state index in [0.717, 1.165) is 29.8 Å². The Morgan fingerprint density at radius 1 is 0.897 bits per heavy atom. The summed E-state index contributed by atoms with van der Waals surface area (Å²) in [7, 11) is 0. The Bertz CT molecular complexity index is 1210. The summed E-state index contributed by atoms with van der Waals surface area (Å²) in [4.78, 5) is 11.9. The van der Waals surface area contributed by atoms with Crippen molar-refractivity contribution >= 4 is 6.16 Å². The minimum absolute atomic E-state index is 0.0391. The van der Waals surface area contributed by atoms with Gasteiger partial charge in [0, 0.05) is 18.1 Å². The van der Waals surface area contributed by atoms with Gasteiger partial charge in [-0.25, -0.2) is 22.4 Å². The Morgan fingerprint density at radius 2 is 1.49 bits per heavy atom. The molecule has 0 aliphatic heterocycles. The molecule has 5 nitrogen and oxygen atoms in total. The number of carbonyl (C=O) groups is 1. The van der Waals surface area contributed by atoms with E-state index in [2.05, 4.69) is 6.58 Å². The fourth-order valence-corrected chi connectivity index (χ4v) is 4.41. The lowest BCUT2D eigenvalue weighted by molar-refractivity contribution is -0.0315. The van der Waals surface area contributed by atoms with Crippen molar-refractivity contribution < 1.29 is 42.0 Å². The summed E-state index contributed by atoms with van der Waals surface area (Å²) in [5, 5.41) is 22.3. The van der Waals surface area contributed by atoms with Crippen molar-refractivity contribution in [1.29, 1.82) is 0 Å². The summed E-state index contributed by atoms with van der Waals surface area (Å²) in [5.41, 5.74) is -1.26. The Kier molecular flexibility index (Phi) is 10.7. The molecule has 9 heteroatoms. The maximum absolute atomic E-state index is 14.1. The topological polar surface area (TPSA) is 76.0 Å². The third-order valence-electron chi connectivity index (χ3n) is 6.41. The smallest absolute Gasteiger partial charge is 0.434 e. The first-order valence-corrected chi connectivity index (χ1v) is 12.4. The van der Waals surface area contributed by atoms with Crippen molar-refractivity contribution in [2.45, 2.75) is 44.0 Å². The predicted molar refractivity (Wildman–Crippen MR) is 136 cm³/mol. The third-order valence-corrected chi connectivity index (χ3v) is 6.41. The van der Waals surface area contributed by atoms with E-state index >= 15 is 0 Å². The molecule has 0 saturated carbocycles. The van der Waals surface area contributed by atoms with Gasteiger partial charge in [0.1, 0.15) is 29.9 Å². The number of aliphatic hydroxyl groups excluding tert-OH is 1. The Balaban J connectivity index is 1.67. The molecule has 208 valence electrons. The second-order valence-electron chi connectivity index (χ2n) is 9.20. The van der Waals surface area contributed by atoms with Gasteiger partial charge in [0.2, 0.25) is 0 Å². The van der Waals surface area contributed by atoms with Gasteiger partial charge in [-0.1, -0.05) is 36.4 Å². The summed E-state index contributed by atoms with van der Waals surface area (Å²) in [6.07, 6.45) is -0.819. The Labute approximate surface area is 224 Å². The second-order valence-corrected chi connectivity index (χ2v) is 9.20. The SMILES string of the molecule is C=C[C@H](CCCOC(=O)OCc1ccccc1)[C@@](O)(CC[C@@H](O)c1cc(F)cc(F)c1)c1cc(F)cc(F)c1. The molecule has 0 aromatic heterocycles. The van der Waals surface area contributed by atoms with Crippen LogP contribution < -0.4 is 0 Å². The molecule has 0 fully saturated rings. The second kappa shape index (κ2) is 13.9. The number of hydrogen-bond donors (Lipinski definition) is 2. The van der Waals surface area contributed by atoms with Gasteiger partial charge in [-0.15, -0.1) is 6.58 Å². The first-order valence-electron chi connectivity index (χ1n) is 12.4. The monoisotopic (exact) mass is 546 g/mol. The average Bonchev–Trinajstić information content (AvgIpc) is 2.90. The number of ether oxygens (including phenoxy) is 2. The van der Waals surface area contributed by atoms with Crippen molar-refractivity contribution in [2.24, 2.45) is 5.92 Å². The zero-order valence-electron chi connectivity index (χ0n) is 21.2. The van der Waals surface area contributed by atoms with Crippen LogP contribution in [0.25, 0.3) is 0 Å². The van der Waals surface area contributed by atoms with Crippen LogP contribution in [0.2, 0.25) is 0 Å². The zero-order valence-corrected chi connectivity index (χ0v) is 21.2. The fraction of sp³-hybridized carbons (Fsp3) is 0.300. The molecule has 0 spiro atoms. The number of rotatable bonds is 13. The van der Waals surface area contributed by atoms with E-state index in [-0.39, 0.29) is 50.0 Å². The highest BCUT2D eigenvalue weighted by molar-refractivity contribution is 5.59. The highest BCUT2D eigenvalue weighted by atomic mass is 19.1. The maximum atomic E-state index is 14.1. The molecule has 0 bridgehead atoms. The third kappa shape index (κ3) is 8.66. The first kappa shape index (κ1) is 29.9. The van der Waals surface area contributed by atoms with Crippen molar-refractivity contribution in [2.75, 3.05) is 6.61 Å². The van der Waals surface area contributed by atoms with Gasteiger partial charge in [0.05, 0.1) is 18.3 Å². The van der Waals surface area contributed by atoms with Crippen LogP contribution in [0.1, 0.15) is 48.5 Å². The van der Waals surface area contributed by atoms with Gasteiger partial charge in [0.15, 0.2) is 0 Å². The fourth-order valence-electron chi connectivity index (χ4n) is 4.41. The lowest BCUT2D eigenvalue weighted by Gasteiger charge is -2.36. The molecule has 0 heterocycles. The Hall–Kier alpha value is -3.69. The van der Waals surface area contributed by atoms with Gasteiger partial charge in [-0.3, -0.25) is 0 Å². The Morgan fingerprint density at radius 3 is 2.08 bits per heavy atom. The van der Waals surface area contributed by atoms with E-state index in [0.29, 0.717) is 12.1 Å². The van der Waals surface area contributed by atoms with E-state index in [1.54, 1.807) is 24.3 Å². The molecule has 3 aromatic carbocycles. The van der Waals surface area contributed by atoms with Crippen LogP contribution >= 0.6 is 0 Å². The molecule has 0 aliphatic rings. The van der Waals surface area contributed by atoms with Crippen LogP contribution in [0, 0.1) is 29.2 Å². The molecule has 0 unspecified atom stereocenters. The summed E-state index contributed by atoms with van der Waals surface area (Å²) in [5.74, 6) is -4.37. The number of benzene rings is 3. The van der Waals surface area contributed by atoms with E-state index in [4.69, 9.17) is 9.47 Å². The zero-order chi connectivity index (χ0) is 28.4. The molecule has 3 atom stereocenters. The van der Waals surface area contributed by atoms with Crippen LogP contribution in [-0.2, 0) is 21.7 Å². The molecule has 0 amide bonds. The molecule has 39 heavy (non-hydrogen) atoms. The number of carbonyl (C=O) groups excluding carboxylic acids is 1. The highest BCUT2D eigenvalue weighted by Gasteiger charge is 2.37. The maximum Gasteiger partial charge on any atom is 0.508 e. The molecule has 3 rings (SSSR count). The minimum Gasteiger partial charge on any atom is -0.434 e. The molecule has 0 aliphatic carbocycles. The van der Waals surface area contributed by atoms with Crippen LogP contribution in [-0.4, -0.2) is 23.0 Å². The molecule has 3 aromatic rings. The molecule has 0 radical (unpaired) electrons. The summed E-state index contributed by atoms with van der Waals surface area (Å²) >= 11 is 0. The van der Waals surface area contributed by atoms with E-state index in [9.17, 15) is 32.6 Å². The average molecular weight is 547 g/mol. The normalized spacial score (nSPS) is 14.2. The van der Waals surface area contributed by atoms with Crippen LogP contribution in [0.5, 0.6) is 0 Å². The van der Waals surface area contributed by atoms with Crippen LogP contribution in [0.15, 0.2) is 79.4 Å². The summed E-state index contributed by atoms with van der Waals surface area (Å²) in [6, 6.07) is 14.2. The lowest BCUT2D eigenvalue weighted by Crippen LogP contribution is -2.35. The molecular weight excluding hydrogens is 516 g/mol. The van der Waals surface area contributed by atoms with Crippen molar-refractivity contribution in [1.82, 2.24) is 0 Å². The largest absolute Gasteiger partial charge is 0.508 e. The molecular formula is C30H30F4O5. The van der Waals surface area contributed by atoms with Crippen molar-refractivity contribution in [3.8, 4) is 0 Å². The minimum atomic E-state index is -1.91. The summed E-state index contributed by atoms with van der Waals surface area (Å²) in [6.45, 7) is 3.72. The number of aliphatic hydroxyl groups is 2. The van der Waals surface area contributed by atoms with Gasteiger partial charge >= 0.3 is 6.16 Å². The molecule has 0 saturated heterocycles. The quantitative estimate of drug-likeness (QED) is 0.106. The van der Waals surface area contributed by atoms with Crippen molar-refractivity contribution in [3.05, 3.63) is 119 Å². The van der Waals surface area contributed by atoms with E-state index in [1.165, 1.54) is 6.08 Å². The van der Waals surface area contributed by atoms with Crippen LogP contribution in [0.3, 0.4) is 0 Å². The van der Waals surface area contributed by atoms with Gasteiger partial charge < -0.3 is 19.7 Å². The molecule has 2 N–H and O–H groups in total. The number of hydrogen-bond acceptors (Lipinski definition) is 5. The van der Waals surface area contributed by atoms with Crippen LogP contribution in [0.4, 0.5) is 22.4 Å². The highest BCUT2D eigenvalue weighted by Crippen LogP contribution is 2.40. The number of halogens is 4. The predicted octanol–water partition coefficient (Wildman–Crippen LogP) is 6.88. The van der Waals surface area contributed by atoms with Gasteiger partial charge in [-0.2, -0.15) is 0 Å². The van der Waals surface area contributed by atoms with Crippen molar-refractivity contribution in [3.63, 3.8) is 0 Å². The van der Waals surface area contributed by atoms with E-state index in [1.807, 2.05) is 6.07 Å². The van der Waals surface area contributed by atoms with E-state index < -0.39 is 47.0 Å². The van der Waals surface area contributed by atoms with Gasteiger partial charge in [-0.05, 0) is 66.6 Å². The lowest BCUT2D eigenvalue weighted by atomic mass is 9.75. The standard InChI is InChI=1S/C30H30F4O5/c1-2-22(9-6-12-38-29(36)39-19-20-7-4-3-5-8-20)30(37,23-15-26(33)18-27(34)16-23)11-10-28(35)21-13-24(31)17-25(32)14-21/h2-5,7-8,13-18,22,28,35,37H,1,6,9-12,19H2/t22-,28-,30+/m1/s1. The summed E-state index contributed by atoms with van der Waals surface area (Å²) < 4.78 is 65.6. The van der Waals surface area contributed by atoms with Gasteiger partial charge in [0.25, 0.3) is 0 Å². The first-order chi connectivity index (χ1) is 18.6.